The van der Waals surface area contributed by atoms with E-state index in [-0.39, 0.29) is 6.03 Å². The van der Waals surface area contributed by atoms with Gasteiger partial charge in [0, 0.05) is 19.3 Å². The van der Waals surface area contributed by atoms with Gasteiger partial charge in [-0.15, -0.1) is 0 Å². The van der Waals surface area contributed by atoms with E-state index in [0.717, 1.165) is 24.1 Å². The molecule has 0 aliphatic carbocycles. The van der Waals surface area contributed by atoms with Crippen molar-refractivity contribution in [1.29, 1.82) is 0 Å². The first kappa shape index (κ1) is 16.8. The van der Waals surface area contributed by atoms with Crippen LogP contribution < -0.4 is 10.6 Å². The van der Waals surface area contributed by atoms with Crippen LogP contribution in [0.2, 0.25) is 0 Å². The van der Waals surface area contributed by atoms with Gasteiger partial charge in [-0.2, -0.15) is 5.10 Å². The summed E-state index contributed by atoms with van der Waals surface area (Å²) >= 11 is 0. The van der Waals surface area contributed by atoms with Gasteiger partial charge in [0.1, 0.15) is 0 Å². The molecule has 1 heterocycles. The second-order valence-electron chi connectivity index (χ2n) is 5.80. The molecule has 1 aromatic heterocycles. The monoisotopic (exact) mass is 334 g/mol. The number of hydrogen-bond donors (Lipinski definition) is 2. The molecule has 3 rings (SSSR count). The summed E-state index contributed by atoms with van der Waals surface area (Å²) in [6.07, 6.45) is 5.41. The fourth-order valence-corrected chi connectivity index (χ4v) is 2.56. The van der Waals surface area contributed by atoms with Crippen LogP contribution >= 0.6 is 0 Å². The average Bonchev–Trinajstić information content (AvgIpc) is 3.12. The third kappa shape index (κ3) is 5.21. The Morgan fingerprint density at radius 1 is 0.840 bits per heavy atom. The molecular weight excluding hydrogens is 312 g/mol. The Balaban J connectivity index is 1.36. The van der Waals surface area contributed by atoms with Crippen LogP contribution in [0.25, 0.3) is 5.69 Å². The highest BCUT2D eigenvalue weighted by Crippen LogP contribution is 2.07. The first-order chi connectivity index (χ1) is 12.3. The number of urea groups is 1. The van der Waals surface area contributed by atoms with Crippen LogP contribution in [0.4, 0.5) is 4.79 Å². The van der Waals surface area contributed by atoms with Crippen molar-refractivity contribution in [2.75, 3.05) is 13.1 Å². The topological polar surface area (TPSA) is 59.0 Å². The van der Waals surface area contributed by atoms with Gasteiger partial charge < -0.3 is 10.6 Å². The number of carbonyl (C=O) groups excluding carboxylic acids is 1. The van der Waals surface area contributed by atoms with Crippen LogP contribution in [0.3, 0.4) is 0 Å². The van der Waals surface area contributed by atoms with Crippen molar-refractivity contribution in [3.8, 4) is 5.69 Å². The maximum Gasteiger partial charge on any atom is 0.314 e. The lowest BCUT2D eigenvalue weighted by atomic mass is 10.1. The van der Waals surface area contributed by atoms with Gasteiger partial charge in [0.05, 0.1) is 11.9 Å². The van der Waals surface area contributed by atoms with E-state index in [4.69, 9.17) is 0 Å². The van der Waals surface area contributed by atoms with E-state index in [2.05, 4.69) is 27.9 Å². The summed E-state index contributed by atoms with van der Waals surface area (Å²) in [4.78, 5) is 11.8. The van der Waals surface area contributed by atoms with Crippen LogP contribution in [-0.4, -0.2) is 28.9 Å². The summed E-state index contributed by atoms with van der Waals surface area (Å²) in [6, 6.07) is 20.0. The minimum Gasteiger partial charge on any atom is -0.338 e. The highest BCUT2D eigenvalue weighted by atomic mass is 16.2. The highest BCUT2D eigenvalue weighted by Gasteiger charge is 2.03. The largest absolute Gasteiger partial charge is 0.338 e. The first-order valence-electron chi connectivity index (χ1n) is 8.46. The Morgan fingerprint density at radius 3 is 2.12 bits per heavy atom. The third-order valence-corrected chi connectivity index (χ3v) is 3.90. The smallest absolute Gasteiger partial charge is 0.314 e. The second-order valence-corrected chi connectivity index (χ2v) is 5.80. The molecule has 0 saturated carbocycles. The number of aromatic nitrogens is 2. The Bertz CT molecular complexity index is 784. The summed E-state index contributed by atoms with van der Waals surface area (Å²) < 4.78 is 1.84. The number of rotatable bonds is 7. The molecule has 3 aromatic rings. The SMILES string of the molecule is O=C(NCCc1ccccc1)NCCc1cnn(-c2ccccc2)c1. The molecule has 0 spiro atoms. The number of amides is 2. The van der Waals surface area contributed by atoms with Crippen molar-refractivity contribution in [3.05, 3.63) is 84.2 Å². The molecule has 0 bridgehead atoms. The maximum absolute atomic E-state index is 11.8. The molecule has 2 aromatic carbocycles. The van der Waals surface area contributed by atoms with Gasteiger partial charge in [-0.05, 0) is 36.1 Å². The van der Waals surface area contributed by atoms with E-state index in [1.165, 1.54) is 5.56 Å². The fourth-order valence-electron chi connectivity index (χ4n) is 2.56. The van der Waals surface area contributed by atoms with Gasteiger partial charge in [0.15, 0.2) is 0 Å². The van der Waals surface area contributed by atoms with Gasteiger partial charge in [0.25, 0.3) is 0 Å². The van der Waals surface area contributed by atoms with Crippen molar-refractivity contribution in [2.45, 2.75) is 12.8 Å². The standard InChI is InChI=1S/C20H22N4O/c25-20(21-13-11-17-7-3-1-4-8-17)22-14-12-18-15-23-24(16-18)19-9-5-2-6-10-19/h1-10,15-16H,11-14H2,(H2,21,22,25). The quantitative estimate of drug-likeness (QED) is 0.698. The normalized spacial score (nSPS) is 10.4. The lowest BCUT2D eigenvalue weighted by Gasteiger charge is -2.07. The zero-order valence-electron chi connectivity index (χ0n) is 14.1. The Hall–Kier alpha value is -3.08. The van der Waals surface area contributed by atoms with E-state index < -0.39 is 0 Å². The number of para-hydroxylation sites is 1. The zero-order chi connectivity index (χ0) is 17.3. The number of carbonyl (C=O) groups is 1. The van der Waals surface area contributed by atoms with Crippen molar-refractivity contribution in [3.63, 3.8) is 0 Å². The fraction of sp³-hybridized carbons (Fsp3) is 0.200. The van der Waals surface area contributed by atoms with E-state index in [1.54, 1.807) is 0 Å². The van der Waals surface area contributed by atoms with Crippen LogP contribution in [0, 0.1) is 0 Å². The Morgan fingerprint density at radius 2 is 1.44 bits per heavy atom. The second kappa shape index (κ2) is 8.68. The Kier molecular flexibility index (Phi) is 5.82. The molecule has 0 unspecified atom stereocenters. The number of benzene rings is 2. The molecule has 25 heavy (non-hydrogen) atoms. The summed E-state index contributed by atoms with van der Waals surface area (Å²) in [5.41, 5.74) is 3.34. The van der Waals surface area contributed by atoms with Gasteiger partial charge in [-0.3, -0.25) is 0 Å². The number of nitrogens with one attached hydrogen (secondary N) is 2. The Labute approximate surface area is 147 Å². The molecule has 128 valence electrons. The molecule has 0 saturated heterocycles. The molecular formula is C20H22N4O. The van der Waals surface area contributed by atoms with Crippen molar-refractivity contribution in [1.82, 2.24) is 20.4 Å². The van der Waals surface area contributed by atoms with Gasteiger partial charge in [-0.1, -0.05) is 48.5 Å². The predicted octanol–water partition coefficient (Wildman–Crippen LogP) is 2.96. The van der Waals surface area contributed by atoms with Gasteiger partial charge in [0.2, 0.25) is 0 Å². The molecule has 2 N–H and O–H groups in total. The molecule has 2 amide bonds. The maximum atomic E-state index is 11.8. The summed E-state index contributed by atoms with van der Waals surface area (Å²) in [6.45, 7) is 1.21. The molecule has 5 nitrogen and oxygen atoms in total. The molecule has 5 heteroatoms. The van der Waals surface area contributed by atoms with Crippen LogP contribution in [0.5, 0.6) is 0 Å². The van der Waals surface area contributed by atoms with E-state index in [0.29, 0.717) is 13.1 Å². The highest BCUT2D eigenvalue weighted by molar-refractivity contribution is 5.73. The molecule has 0 aliphatic rings. The van der Waals surface area contributed by atoms with Crippen molar-refractivity contribution >= 4 is 6.03 Å². The molecule has 0 atom stereocenters. The van der Waals surface area contributed by atoms with E-state index in [9.17, 15) is 4.79 Å². The van der Waals surface area contributed by atoms with Crippen molar-refractivity contribution < 1.29 is 4.79 Å². The lowest BCUT2D eigenvalue weighted by Crippen LogP contribution is -2.37. The number of nitrogens with zero attached hydrogens (tertiary/aromatic N) is 2. The molecule has 0 aliphatic heterocycles. The van der Waals surface area contributed by atoms with Gasteiger partial charge >= 0.3 is 6.03 Å². The number of hydrogen-bond acceptors (Lipinski definition) is 2. The van der Waals surface area contributed by atoms with Gasteiger partial charge in [-0.25, -0.2) is 9.48 Å². The lowest BCUT2D eigenvalue weighted by molar-refractivity contribution is 0.241. The first-order valence-corrected chi connectivity index (χ1v) is 8.46. The minimum absolute atomic E-state index is 0.133. The predicted molar refractivity (Wildman–Crippen MR) is 98.8 cm³/mol. The van der Waals surface area contributed by atoms with Crippen molar-refractivity contribution in [2.24, 2.45) is 0 Å². The third-order valence-electron chi connectivity index (χ3n) is 3.90. The zero-order valence-corrected chi connectivity index (χ0v) is 14.1. The van der Waals surface area contributed by atoms with Crippen LogP contribution in [-0.2, 0) is 12.8 Å². The molecule has 0 fully saturated rings. The summed E-state index contributed by atoms with van der Waals surface area (Å²) in [5.74, 6) is 0. The summed E-state index contributed by atoms with van der Waals surface area (Å²) in [5, 5.41) is 10.1. The van der Waals surface area contributed by atoms with Crippen LogP contribution in [0.1, 0.15) is 11.1 Å². The van der Waals surface area contributed by atoms with Crippen LogP contribution in [0.15, 0.2) is 73.1 Å². The summed E-state index contributed by atoms with van der Waals surface area (Å²) in [7, 11) is 0. The average molecular weight is 334 g/mol. The minimum atomic E-state index is -0.133. The van der Waals surface area contributed by atoms with E-state index in [1.807, 2.05) is 65.6 Å². The molecule has 0 radical (unpaired) electrons. The van der Waals surface area contributed by atoms with E-state index >= 15 is 0 Å².